The van der Waals surface area contributed by atoms with Crippen molar-refractivity contribution < 1.29 is 18.7 Å². The second kappa shape index (κ2) is 6.53. The van der Waals surface area contributed by atoms with Crippen LogP contribution >= 0.6 is 11.9 Å². The fraction of sp³-hybridized carbons (Fsp3) is 0.133. The number of benzene rings is 2. The monoisotopic (exact) mass is 337 g/mol. The van der Waals surface area contributed by atoms with Gasteiger partial charge in [-0.2, -0.15) is 0 Å². The molecule has 0 aliphatic carbocycles. The van der Waals surface area contributed by atoms with Gasteiger partial charge in [0, 0.05) is 22.2 Å². The number of fused-ring (bicyclic) bond motifs is 1. The van der Waals surface area contributed by atoms with Crippen molar-refractivity contribution in [2.75, 3.05) is 17.2 Å². The predicted molar refractivity (Wildman–Crippen MR) is 84.2 cm³/mol. The van der Waals surface area contributed by atoms with E-state index in [1.54, 1.807) is 18.2 Å². The van der Waals surface area contributed by atoms with E-state index in [1.165, 1.54) is 18.0 Å². The Morgan fingerprint density at radius 3 is 2.78 bits per heavy atom. The highest BCUT2D eigenvalue weighted by molar-refractivity contribution is 7.97. The fourth-order valence-electron chi connectivity index (χ4n) is 2.08. The molecule has 2 aromatic carbocycles. The molecule has 1 amide bonds. The number of anilines is 2. The second-order valence-corrected chi connectivity index (χ2v) is 5.77. The van der Waals surface area contributed by atoms with Gasteiger partial charge in [-0.3, -0.25) is 4.79 Å². The molecule has 1 atom stereocenters. The highest BCUT2D eigenvalue weighted by Crippen LogP contribution is 2.31. The highest BCUT2D eigenvalue weighted by Gasteiger charge is 2.18. The van der Waals surface area contributed by atoms with E-state index in [0.717, 1.165) is 22.7 Å². The minimum absolute atomic E-state index is 0.0647. The number of rotatable bonds is 3. The predicted octanol–water partition coefficient (Wildman–Crippen LogP) is 2.56. The smallest absolute Gasteiger partial charge is 0.255 e. The van der Waals surface area contributed by atoms with Gasteiger partial charge in [0.2, 0.25) is 0 Å². The van der Waals surface area contributed by atoms with Crippen molar-refractivity contribution >= 4 is 29.2 Å². The number of amides is 1. The molecule has 0 radical (unpaired) electrons. The van der Waals surface area contributed by atoms with E-state index in [4.69, 9.17) is 5.11 Å². The van der Waals surface area contributed by atoms with Crippen molar-refractivity contribution in [2.24, 2.45) is 0 Å². The Labute approximate surface area is 135 Å². The minimum Gasteiger partial charge on any atom is -0.393 e. The minimum atomic E-state index is -1.02. The zero-order valence-electron chi connectivity index (χ0n) is 11.8. The van der Waals surface area contributed by atoms with Gasteiger partial charge >= 0.3 is 0 Å². The van der Waals surface area contributed by atoms with Gasteiger partial charge in [-0.15, -0.1) is 0 Å². The molecule has 0 spiro atoms. The van der Waals surface area contributed by atoms with Crippen molar-refractivity contribution in [1.82, 2.24) is 4.72 Å². The van der Waals surface area contributed by atoms with Gasteiger partial charge in [0.15, 0.2) is 11.6 Å². The Bertz CT molecular complexity index is 757. The standard InChI is InChI=1S/C15H13F2N3O2S/c16-10-3-2-9(6-11(10)17)18-15(22)8-1-4-12-13(5-8)23-20-14(7-21)19-12/h1-6,14,19-21H,7H2,(H,18,22). The lowest BCUT2D eigenvalue weighted by molar-refractivity contribution is 0.102. The van der Waals surface area contributed by atoms with Gasteiger partial charge in [0.05, 0.1) is 12.3 Å². The summed E-state index contributed by atoms with van der Waals surface area (Å²) >= 11 is 1.30. The molecule has 120 valence electrons. The van der Waals surface area contributed by atoms with Gasteiger partial charge in [-0.05, 0) is 42.3 Å². The largest absolute Gasteiger partial charge is 0.393 e. The van der Waals surface area contributed by atoms with Gasteiger partial charge < -0.3 is 15.7 Å². The lowest BCUT2D eigenvalue weighted by atomic mass is 10.1. The molecular weight excluding hydrogens is 324 g/mol. The van der Waals surface area contributed by atoms with Gasteiger partial charge in [-0.1, -0.05) is 0 Å². The first-order chi connectivity index (χ1) is 11.1. The molecule has 0 saturated heterocycles. The summed E-state index contributed by atoms with van der Waals surface area (Å²) in [5.41, 5.74) is 1.36. The number of carbonyl (C=O) groups is 1. The fourth-order valence-corrected chi connectivity index (χ4v) is 2.90. The number of halogens is 2. The Kier molecular flexibility index (Phi) is 4.46. The summed E-state index contributed by atoms with van der Waals surface area (Å²) in [6.07, 6.45) is -0.255. The SMILES string of the molecule is O=C(Nc1ccc(F)c(F)c1)c1ccc2c(c1)SNC(CO)N2. The van der Waals surface area contributed by atoms with Crippen LogP contribution in [0.4, 0.5) is 20.2 Å². The maximum Gasteiger partial charge on any atom is 0.255 e. The summed E-state index contributed by atoms with van der Waals surface area (Å²) in [5, 5.41) is 14.7. The first-order valence-corrected chi connectivity index (χ1v) is 7.58. The Morgan fingerprint density at radius 2 is 2.04 bits per heavy atom. The van der Waals surface area contributed by atoms with Crippen molar-refractivity contribution in [3.05, 3.63) is 53.6 Å². The average Bonchev–Trinajstić information content (AvgIpc) is 2.57. The molecule has 1 heterocycles. The molecular formula is C15H13F2N3O2S. The molecule has 1 aliphatic rings. The maximum absolute atomic E-state index is 13.2. The van der Waals surface area contributed by atoms with E-state index in [-0.39, 0.29) is 18.5 Å². The van der Waals surface area contributed by atoms with E-state index in [9.17, 15) is 13.6 Å². The van der Waals surface area contributed by atoms with Crippen molar-refractivity contribution in [3.8, 4) is 0 Å². The van der Waals surface area contributed by atoms with Crippen LogP contribution in [0.2, 0.25) is 0 Å². The van der Waals surface area contributed by atoms with E-state index < -0.39 is 17.5 Å². The molecule has 0 bridgehead atoms. The quantitative estimate of drug-likeness (QED) is 0.648. The molecule has 1 unspecified atom stereocenters. The normalized spacial score (nSPS) is 16.4. The van der Waals surface area contributed by atoms with E-state index in [1.807, 2.05) is 0 Å². The third-order valence-electron chi connectivity index (χ3n) is 3.24. The molecule has 2 aromatic rings. The molecule has 3 rings (SSSR count). The molecule has 8 heteroatoms. The van der Waals surface area contributed by atoms with Crippen LogP contribution in [0, 0.1) is 11.6 Å². The van der Waals surface area contributed by atoms with E-state index in [2.05, 4.69) is 15.4 Å². The summed E-state index contributed by atoms with van der Waals surface area (Å²) < 4.78 is 29.0. The number of carbonyl (C=O) groups excluding carboxylic acids is 1. The average molecular weight is 337 g/mol. The Balaban J connectivity index is 1.76. The molecule has 23 heavy (non-hydrogen) atoms. The summed E-state index contributed by atoms with van der Waals surface area (Å²) in [4.78, 5) is 13.0. The van der Waals surface area contributed by atoms with Crippen LogP contribution in [0.3, 0.4) is 0 Å². The maximum atomic E-state index is 13.2. The molecule has 0 fully saturated rings. The van der Waals surface area contributed by atoms with Crippen molar-refractivity contribution in [2.45, 2.75) is 11.1 Å². The van der Waals surface area contributed by atoms with Crippen LogP contribution in [0.5, 0.6) is 0 Å². The number of nitrogens with one attached hydrogen (secondary N) is 3. The van der Waals surface area contributed by atoms with Crippen LogP contribution in [-0.2, 0) is 0 Å². The van der Waals surface area contributed by atoms with E-state index >= 15 is 0 Å². The second-order valence-electron chi connectivity index (χ2n) is 4.89. The van der Waals surface area contributed by atoms with Crippen molar-refractivity contribution in [1.29, 1.82) is 0 Å². The lowest BCUT2D eigenvalue weighted by Gasteiger charge is -2.26. The third-order valence-corrected chi connectivity index (χ3v) is 4.20. The number of hydrogen-bond acceptors (Lipinski definition) is 5. The summed E-state index contributed by atoms with van der Waals surface area (Å²) in [7, 11) is 0. The Hall–Kier alpha value is -2.16. The van der Waals surface area contributed by atoms with Crippen LogP contribution < -0.4 is 15.4 Å². The lowest BCUT2D eigenvalue weighted by Crippen LogP contribution is -2.38. The molecule has 4 N–H and O–H groups in total. The van der Waals surface area contributed by atoms with Crippen LogP contribution in [-0.4, -0.2) is 23.8 Å². The van der Waals surface area contributed by atoms with Gasteiger partial charge in [0.25, 0.3) is 5.91 Å². The molecule has 0 aromatic heterocycles. The number of aliphatic hydroxyl groups is 1. The number of hydrogen-bond donors (Lipinski definition) is 4. The van der Waals surface area contributed by atoms with Gasteiger partial charge in [0.1, 0.15) is 6.17 Å². The summed E-state index contributed by atoms with van der Waals surface area (Å²) in [5.74, 6) is -2.42. The van der Waals surface area contributed by atoms with Crippen LogP contribution in [0.15, 0.2) is 41.3 Å². The summed E-state index contributed by atoms with van der Waals surface area (Å²) in [6, 6.07) is 8.18. The first-order valence-electron chi connectivity index (χ1n) is 6.77. The third kappa shape index (κ3) is 3.44. The highest BCUT2D eigenvalue weighted by atomic mass is 32.2. The molecule has 0 saturated carbocycles. The topological polar surface area (TPSA) is 73.4 Å². The van der Waals surface area contributed by atoms with Gasteiger partial charge in [-0.25, -0.2) is 13.5 Å². The van der Waals surface area contributed by atoms with Crippen LogP contribution in [0.1, 0.15) is 10.4 Å². The molecule has 5 nitrogen and oxygen atoms in total. The number of aliphatic hydroxyl groups excluding tert-OH is 1. The Morgan fingerprint density at radius 1 is 1.22 bits per heavy atom. The molecule has 1 aliphatic heterocycles. The zero-order chi connectivity index (χ0) is 16.4. The first kappa shape index (κ1) is 15.7. The van der Waals surface area contributed by atoms with E-state index in [0.29, 0.717) is 5.56 Å². The summed E-state index contributed by atoms with van der Waals surface area (Å²) in [6.45, 7) is -0.0647. The van der Waals surface area contributed by atoms with Crippen LogP contribution in [0.25, 0.3) is 0 Å². The zero-order valence-corrected chi connectivity index (χ0v) is 12.6. The van der Waals surface area contributed by atoms with Crippen molar-refractivity contribution in [3.63, 3.8) is 0 Å².